The van der Waals surface area contributed by atoms with E-state index in [0.717, 1.165) is 0 Å². The molecule has 0 bridgehead atoms. The van der Waals surface area contributed by atoms with Gasteiger partial charge in [0.1, 0.15) is 0 Å². The second-order valence-corrected chi connectivity index (χ2v) is 2.90. The quantitative estimate of drug-likeness (QED) is 0.401. The van der Waals surface area contributed by atoms with Crippen LogP contribution in [0, 0.1) is 12.3 Å². The van der Waals surface area contributed by atoms with Gasteiger partial charge in [0.25, 0.3) is 10.1 Å². The van der Waals surface area contributed by atoms with Gasteiger partial charge < -0.3 is 5.11 Å². The Morgan fingerprint density at radius 3 is 2.00 bits per heavy atom. The molecule has 0 amide bonds. The molecule has 0 spiro atoms. The van der Waals surface area contributed by atoms with Crippen LogP contribution in [-0.2, 0) is 14.9 Å². The molecule has 0 aromatic carbocycles. The van der Waals surface area contributed by atoms with E-state index >= 15 is 0 Å². The lowest BCUT2D eigenvalue weighted by molar-refractivity contribution is -0.135. The highest BCUT2D eigenvalue weighted by atomic mass is 32.2. The monoisotopic (exact) mass is 164 g/mol. The SMILES string of the molecule is C#CC(C(=O)O)S(=O)(=O)O. The van der Waals surface area contributed by atoms with Crippen LogP contribution < -0.4 is 0 Å². The zero-order valence-corrected chi connectivity index (χ0v) is 5.50. The zero-order chi connectivity index (χ0) is 8.36. The molecular formula is C4H4O5S. The molecule has 0 aliphatic heterocycles. The number of terminal acetylenes is 1. The minimum atomic E-state index is -4.65. The van der Waals surface area contributed by atoms with E-state index in [9.17, 15) is 13.2 Å². The molecule has 0 rings (SSSR count). The first-order valence-electron chi connectivity index (χ1n) is 2.05. The Labute approximate surface area is 57.4 Å². The molecule has 1 unspecified atom stereocenters. The van der Waals surface area contributed by atoms with E-state index in [2.05, 4.69) is 6.42 Å². The van der Waals surface area contributed by atoms with Gasteiger partial charge in [0.05, 0.1) is 0 Å². The summed E-state index contributed by atoms with van der Waals surface area (Å²) in [7, 11) is -4.65. The molecule has 10 heavy (non-hydrogen) atoms. The molecule has 0 saturated heterocycles. The predicted octanol–water partition coefficient (Wildman–Crippen LogP) is -1.04. The fraction of sp³-hybridized carbons (Fsp3) is 0.250. The van der Waals surface area contributed by atoms with Crippen molar-refractivity contribution in [3.05, 3.63) is 0 Å². The Morgan fingerprint density at radius 2 is 2.00 bits per heavy atom. The van der Waals surface area contributed by atoms with Crippen molar-refractivity contribution in [2.45, 2.75) is 5.25 Å². The van der Waals surface area contributed by atoms with Gasteiger partial charge >= 0.3 is 5.97 Å². The summed E-state index contributed by atoms with van der Waals surface area (Å²) in [5.41, 5.74) is 0. The minimum absolute atomic E-state index is 1.40. The summed E-state index contributed by atoms with van der Waals surface area (Å²) in [6, 6.07) is 0. The number of carboxylic acids is 1. The fourth-order valence-corrected chi connectivity index (χ4v) is 0.711. The maximum atomic E-state index is 10.0. The summed E-state index contributed by atoms with van der Waals surface area (Å²) in [5, 5.41) is 5.87. The van der Waals surface area contributed by atoms with Gasteiger partial charge in [-0.3, -0.25) is 4.55 Å². The van der Waals surface area contributed by atoms with Gasteiger partial charge in [-0.05, 0) is 0 Å². The zero-order valence-electron chi connectivity index (χ0n) is 4.68. The summed E-state index contributed by atoms with van der Waals surface area (Å²) in [6.07, 6.45) is 4.49. The van der Waals surface area contributed by atoms with Gasteiger partial charge in [-0.2, -0.15) is 8.42 Å². The Bertz CT molecular complexity index is 269. The van der Waals surface area contributed by atoms with Gasteiger partial charge in [-0.25, -0.2) is 4.79 Å². The van der Waals surface area contributed by atoms with Gasteiger partial charge in [0.15, 0.2) is 0 Å². The number of hydrogen-bond donors (Lipinski definition) is 2. The van der Waals surface area contributed by atoms with Gasteiger partial charge in [0, 0.05) is 0 Å². The smallest absolute Gasteiger partial charge is 0.336 e. The number of aliphatic carboxylic acids is 1. The van der Waals surface area contributed by atoms with Crippen molar-refractivity contribution in [2.75, 3.05) is 0 Å². The lowest BCUT2D eigenvalue weighted by atomic mass is 10.4. The molecule has 0 fully saturated rings. The third-order valence-electron chi connectivity index (χ3n) is 0.674. The molecule has 0 radical (unpaired) electrons. The second kappa shape index (κ2) is 2.68. The molecule has 6 heteroatoms. The van der Waals surface area contributed by atoms with E-state index in [1.807, 2.05) is 0 Å². The summed E-state index contributed by atoms with van der Waals surface area (Å²) in [5.74, 6) is -0.355. The first-order chi connectivity index (χ1) is 4.39. The third kappa shape index (κ3) is 2.05. The van der Waals surface area contributed by atoms with E-state index in [1.165, 1.54) is 5.92 Å². The maximum absolute atomic E-state index is 10.0. The summed E-state index contributed by atoms with van der Waals surface area (Å²) < 4.78 is 28.2. The molecule has 0 saturated carbocycles. The van der Waals surface area contributed by atoms with Crippen LogP contribution in [-0.4, -0.2) is 29.3 Å². The van der Waals surface area contributed by atoms with Crippen molar-refractivity contribution >= 4 is 16.1 Å². The fourth-order valence-electron chi connectivity index (χ4n) is 0.285. The number of hydrogen-bond acceptors (Lipinski definition) is 3. The largest absolute Gasteiger partial charge is 0.479 e. The highest BCUT2D eigenvalue weighted by molar-refractivity contribution is 7.87. The van der Waals surface area contributed by atoms with Crippen molar-refractivity contribution < 1.29 is 22.9 Å². The van der Waals surface area contributed by atoms with Crippen molar-refractivity contribution in [1.82, 2.24) is 0 Å². The van der Waals surface area contributed by atoms with Gasteiger partial charge in [0.2, 0.25) is 5.25 Å². The van der Waals surface area contributed by atoms with E-state index in [-0.39, 0.29) is 0 Å². The van der Waals surface area contributed by atoms with E-state index in [1.54, 1.807) is 0 Å². The van der Waals surface area contributed by atoms with Crippen molar-refractivity contribution in [3.63, 3.8) is 0 Å². The Hall–Kier alpha value is -1.06. The number of rotatable bonds is 2. The molecule has 5 nitrogen and oxygen atoms in total. The van der Waals surface area contributed by atoms with Crippen LogP contribution in [0.5, 0.6) is 0 Å². The van der Waals surface area contributed by atoms with Crippen LogP contribution in [0.25, 0.3) is 0 Å². The molecule has 0 aliphatic carbocycles. The Morgan fingerprint density at radius 1 is 1.60 bits per heavy atom. The minimum Gasteiger partial charge on any atom is -0.479 e. The predicted molar refractivity (Wildman–Crippen MR) is 31.8 cm³/mol. The van der Waals surface area contributed by atoms with Gasteiger partial charge in [-0.1, -0.05) is 5.92 Å². The molecule has 0 aromatic rings. The Kier molecular flexibility index (Phi) is 2.40. The molecule has 0 aromatic heterocycles. The van der Waals surface area contributed by atoms with E-state index in [4.69, 9.17) is 9.66 Å². The molecule has 0 aliphatic rings. The highest BCUT2D eigenvalue weighted by Crippen LogP contribution is 1.95. The maximum Gasteiger partial charge on any atom is 0.336 e. The summed E-state index contributed by atoms with van der Waals surface area (Å²) >= 11 is 0. The number of carboxylic acid groups (broad SMARTS) is 1. The molecule has 2 N–H and O–H groups in total. The van der Waals surface area contributed by atoms with Crippen LogP contribution >= 0.6 is 0 Å². The molecule has 1 atom stereocenters. The Balaban J connectivity index is 4.78. The third-order valence-corrected chi connectivity index (χ3v) is 1.61. The van der Waals surface area contributed by atoms with Crippen LogP contribution in [0.2, 0.25) is 0 Å². The molecular weight excluding hydrogens is 160 g/mol. The summed E-state index contributed by atoms with van der Waals surface area (Å²) in [6.45, 7) is 0. The van der Waals surface area contributed by atoms with E-state index in [0.29, 0.717) is 0 Å². The topological polar surface area (TPSA) is 91.7 Å². The van der Waals surface area contributed by atoms with Crippen LogP contribution in [0.3, 0.4) is 0 Å². The lowest BCUT2D eigenvalue weighted by Gasteiger charge is -1.97. The van der Waals surface area contributed by atoms with Crippen molar-refractivity contribution in [2.24, 2.45) is 0 Å². The standard InChI is InChI=1S/C4H4O5S/c1-2-3(4(5)6)10(7,8)9/h1,3H,(H,5,6)(H,7,8,9). The summed E-state index contributed by atoms with van der Waals surface area (Å²) in [4.78, 5) is 9.90. The first kappa shape index (κ1) is 8.94. The first-order valence-corrected chi connectivity index (χ1v) is 3.55. The molecule has 56 valence electrons. The number of carbonyl (C=O) groups is 1. The van der Waals surface area contributed by atoms with Gasteiger partial charge in [-0.15, -0.1) is 6.42 Å². The average Bonchev–Trinajstić information content (AvgIpc) is 1.60. The van der Waals surface area contributed by atoms with E-state index < -0.39 is 21.3 Å². The molecule has 0 heterocycles. The normalized spacial score (nSPS) is 13.6. The lowest BCUT2D eigenvalue weighted by Crippen LogP contribution is -2.27. The second-order valence-electron chi connectivity index (χ2n) is 1.40. The van der Waals surface area contributed by atoms with Crippen LogP contribution in [0.1, 0.15) is 0 Å². The van der Waals surface area contributed by atoms with Crippen LogP contribution in [0.4, 0.5) is 0 Å². The van der Waals surface area contributed by atoms with Crippen molar-refractivity contribution in [1.29, 1.82) is 0 Å². The van der Waals surface area contributed by atoms with Crippen LogP contribution in [0.15, 0.2) is 0 Å². The average molecular weight is 164 g/mol. The van der Waals surface area contributed by atoms with Crippen molar-refractivity contribution in [3.8, 4) is 12.3 Å². The highest BCUT2D eigenvalue weighted by Gasteiger charge is 2.27.